The summed E-state index contributed by atoms with van der Waals surface area (Å²) >= 11 is 0. The zero-order valence-electron chi connectivity index (χ0n) is 34.5. The maximum atomic E-state index is 12.4. The summed E-state index contributed by atoms with van der Waals surface area (Å²) in [6, 6.07) is 0. The summed E-state index contributed by atoms with van der Waals surface area (Å²) in [6.07, 6.45) is 19.2. The van der Waals surface area contributed by atoms with Crippen molar-refractivity contribution in [2.24, 2.45) is 11.8 Å². The number of rotatable bonds is 17. The molecule has 13 heteroatoms. The Labute approximate surface area is 346 Å². The number of hydrogen-bond acceptors (Lipinski definition) is 12. The van der Waals surface area contributed by atoms with Crippen LogP contribution in [0.2, 0.25) is 0 Å². The standard InChI is InChI=1S/C46H59NO12/c1-29-34-19-16-31(13-11-24-45(3)41(58-45)39(34)56-43(29)52)27-54-37(50)22-18-33(48)15-9-7-5-6-8-10-26-47-36(49)21-23-38(51)55-28-32-14-12-25-46(4)42(59-46)40-35(20-17-32)30(2)44(53)57-40/h13-14,18,21-23,34-35,39-42H,1-2,5-12,15-17,19-20,24-28H2,3-4H3,(H,47,49)/b22-18+,23-21+,31-13+,32-14+/t34-,35-,39-,40-,41-,42-,45+,46+/m0/s1. The van der Waals surface area contributed by atoms with Gasteiger partial charge in [-0.05, 0) is 95.3 Å². The van der Waals surface area contributed by atoms with Crippen molar-refractivity contribution in [1.29, 1.82) is 0 Å². The van der Waals surface area contributed by atoms with E-state index in [4.69, 9.17) is 28.4 Å². The zero-order chi connectivity index (χ0) is 42.2. The van der Waals surface area contributed by atoms with Crippen LogP contribution in [-0.2, 0) is 57.2 Å². The number of unbranched alkanes of at least 4 members (excludes halogenated alkanes) is 5. The molecule has 59 heavy (non-hydrogen) atoms. The summed E-state index contributed by atoms with van der Waals surface area (Å²) in [5, 5.41) is 2.78. The van der Waals surface area contributed by atoms with Crippen molar-refractivity contribution in [3.63, 3.8) is 0 Å². The number of carbonyl (C=O) groups is 6. The van der Waals surface area contributed by atoms with E-state index in [2.05, 4.69) is 30.6 Å². The summed E-state index contributed by atoms with van der Waals surface area (Å²) in [6.45, 7) is 12.6. The van der Waals surface area contributed by atoms with Gasteiger partial charge in [-0.1, -0.05) is 51.0 Å². The second kappa shape index (κ2) is 19.6. The van der Waals surface area contributed by atoms with Crippen molar-refractivity contribution in [2.45, 2.75) is 146 Å². The predicted molar refractivity (Wildman–Crippen MR) is 215 cm³/mol. The average Bonchev–Trinajstić information content (AvgIpc) is 4.02. The lowest BCUT2D eigenvalue weighted by Gasteiger charge is -2.20. The highest BCUT2D eigenvalue weighted by Gasteiger charge is 2.62. The Balaban J connectivity index is 0.774. The minimum absolute atomic E-state index is 0.0991. The molecule has 0 radical (unpaired) electrons. The molecule has 2 aliphatic carbocycles. The van der Waals surface area contributed by atoms with E-state index in [1.54, 1.807) is 0 Å². The molecule has 0 aromatic rings. The fraction of sp³-hybridized carbons (Fsp3) is 0.609. The number of carbonyl (C=O) groups excluding carboxylic acids is 6. The molecule has 4 aliphatic heterocycles. The molecular formula is C46H59NO12. The van der Waals surface area contributed by atoms with Crippen molar-refractivity contribution in [1.82, 2.24) is 5.32 Å². The third kappa shape index (κ3) is 11.8. The molecular weight excluding hydrogens is 759 g/mol. The predicted octanol–water partition coefficient (Wildman–Crippen LogP) is 6.11. The van der Waals surface area contributed by atoms with E-state index >= 15 is 0 Å². The zero-order valence-corrected chi connectivity index (χ0v) is 34.5. The third-order valence-electron chi connectivity index (χ3n) is 12.6. The highest BCUT2D eigenvalue weighted by molar-refractivity contribution is 5.96. The van der Waals surface area contributed by atoms with E-state index in [-0.39, 0.29) is 84.3 Å². The Morgan fingerprint density at radius 2 is 1.19 bits per heavy atom. The Kier molecular flexibility index (Phi) is 14.6. The lowest BCUT2D eigenvalue weighted by Crippen LogP contribution is -2.29. The summed E-state index contributed by atoms with van der Waals surface area (Å²) in [4.78, 5) is 73.7. The summed E-state index contributed by atoms with van der Waals surface area (Å²) in [5.41, 5.74) is 2.16. The van der Waals surface area contributed by atoms with Gasteiger partial charge in [-0.25, -0.2) is 19.2 Å². The molecule has 4 fully saturated rings. The maximum absolute atomic E-state index is 12.4. The number of ketones is 1. The van der Waals surface area contributed by atoms with Gasteiger partial charge < -0.3 is 33.7 Å². The number of esters is 4. The molecule has 6 rings (SSSR count). The Morgan fingerprint density at radius 3 is 1.71 bits per heavy atom. The number of allylic oxidation sites excluding steroid dienone is 3. The first-order valence-electron chi connectivity index (χ1n) is 21.3. The number of fused-ring (bicyclic) bond motifs is 6. The van der Waals surface area contributed by atoms with E-state index in [9.17, 15) is 28.8 Å². The second-order valence-corrected chi connectivity index (χ2v) is 17.1. The number of epoxide rings is 2. The van der Waals surface area contributed by atoms with Crippen LogP contribution in [0, 0.1) is 11.8 Å². The molecule has 0 saturated carbocycles. The van der Waals surface area contributed by atoms with Gasteiger partial charge in [0.05, 0.1) is 11.2 Å². The first-order valence-corrected chi connectivity index (χ1v) is 21.3. The van der Waals surface area contributed by atoms with Crippen molar-refractivity contribution in [2.75, 3.05) is 19.8 Å². The molecule has 4 heterocycles. The topological polar surface area (TPSA) is 176 Å². The van der Waals surface area contributed by atoms with Crippen LogP contribution >= 0.6 is 0 Å². The molecule has 1 amide bonds. The van der Waals surface area contributed by atoms with Gasteiger partial charge in [-0.3, -0.25) is 9.59 Å². The van der Waals surface area contributed by atoms with Crippen LogP contribution in [0.25, 0.3) is 0 Å². The molecule has 6 aliphatic rings. The highest BCUT2D eigenvalue weighted by Crippen LogP contribution is 2.51. The summed E-state index contributed by atoms with van der Waals surface area (Å²) in [5.74, 6) is -2.69. The Bertz CT molecular complexity index is 1680. The maximum Gasteiger partial charge on any atom is 0.334 e. The molecule has 320 valence electrons. The normalized spacial score (nSPS) is 33.2. The van der Waals surface area contributed by atoms with Gasteiger partial charge >= 0.3 is 23.9 Å². The van der Waals surface area contributed by atoms with Crippen molar-refractivity contribution < 1.29 is 57.2 Å². The van der Waals surface area contributed by atoms with Crippen molar-refractivity contribution >= 4 is 35.6 Å². The monoisotopic (exact) mass is 817 g/mol. The van der Waals surface area contributed by atoms with Gasteiger partial charge in [0.15, 0.2) is 5.78 Å². The van der Waals surface area contributed by atoms with Crippen molar-refractivity contribution in [3.8, 4) is 0 Å². The Morgan fingerprint density at radius 1 is 0.712 bits per heavy atom. The molecule has 0 unspecified atom stereocenters. The SMILES string of the molecule is C=C1C(=O)O[C@H]2[C@H]1CC/C(COC(=O)/C=C/C(=O)CCCCCCCCNC(=O)/C=C/C(=O)OC/C1=C/CC[C@@]3(C)O[C@H]3[C@H]3OC(=O)C(=C)[C@@H]3CC1)=C\CC[C@@]1(C)O[C@@H]21. The van der Waals surface area contributed by atoms with Gasteiger partial charge in [0.2, 0.25) is 5.91 Å². The molecule has 0 spiro atoms. The fourth-order valence-electron chi connectivity index (χ4n) is 8.72. The molecule has 8 atom stereocenters. The Hall–Kier alpha value is -4.62. The second-order valence-electron chi connectivity index (χ2n) is 17.1. The van der Waals surface area contributed by atoms with Crippen LogP contribution in [0.3, 0.4) is 0 Å². The number of ether oxygens (including phenoxy) is 6. The fourth-order valence-corrected chi connectivity index (χ4v) is 8.72. The lowest BCUT2D eigenvalue weighted by molar-refractivity contribution is -0.140. The van der Waals surface area contributed by atoms with Gasteiger partial charge in [-0.15, -0.1) is 0 Å². The third-order valence-corrected chi connectivity index (χ3v) is 12.6. The molecule has 13 nitrogen and oxygen atoms in total. The smallest absolute Gasteiger partial charge is 0.334 e. The first kappa shape index (κ1) is 43.9. The lowest BCUT2D eigenvalue weighted by atomic mass is 9.84. The minimum atomic E-state index is -0.608. The van der Waals surface area contributed by atoms with Crippen molar-refractivity contribution in [3.05, 3.63) is 71.9 Å². The van der Waals surface area contributed by atoms with E-state index in [0.29, 0.717) is 56.2 Å². The van der Waals surface area contributed by atoms with Gasteiger partial charge in [0, 0.05) is 54.2 Å². The van der Waals surface area contributed by atoms with Gasteiger partial charge in [0.25, 0.3) is 0 Å². The summed E-state index contributed by atoms with van der Waals surface area (Å²) in [7, 11) is 0. The van der Waals surface area contributed by atoms with Crippen LogP contribution in [0.4, 0.5) is 0 Å². The molecule has 4 saturated heterocycles. The van der Waals surface area contributed by atoms with Gasteiger partial charge in [0.1, 0.15) is 37.6 Å². The average molecular weight is 818 g/mol. The summed E-state index contributed by atoms with van der Waals surface area (Å²) < 4.78 is 33.9. The van der Waals surface area contributed by atoms with E-state index in [1.807, 2.05) is 13.8 Å². The number of hydrogen-bond donors (Lipinski definition) is 1. The first-order chi connectivity index (χ1) is 28.3. The van der Waals surface area contributed by atoms with Crippen LogP contribution in [0.5, 0.6) is 0 Å². The molecule has 0 aromatic carbocycles. The van der Waals surface area contributed by atoms with E-state index in [1.165, 1.54) is 18.2 Å². The number of nitrogens with one attached hydrogen (secondary N) is 1. The van der Waals surface area contributed by atoms with E-state index < -0.39 is 11.9 Å². The molecule has 0 aromatic heterocycles. The minimum Gasteiger partial charge on any atom is -0.458 e. The molecule has 0 bridgehead atoms. The highest BCUT2D eigenvalue weighted by atomic mass is 16.7. The quantitative estimate of drug-likeness (QED) is 0.0446. The van der Waals surface area contributed by atoms with Crippen LogP contribution in [0.15, 0.2) is 71.9 Å². The van der Waals surface area contributed by atoms with Crippen LogP contribution < -0.4 is 5.32 Å². The van der Waals surface area contributed by atoms with Gasteiger partial charge in [-0.2, -0.15) is 0 Å². The number of amides is 1. The largest absolute Gasteiger partial charge is 0.458 e. The van der Waals surface area contributed by atoms with Crippen LogP contribution in [-0.4, -0.2) is 90.9 Å². The van der Waals surface area contributed by atoms with E-state index in [0.717, 1.165) is 75.0 Å². The molecule has 1 N–H and O–H groups in total. The van der Waals surface area contributed by atoms with Crippen LogP contribution in [0.1, 0.15) is 110 Å².